The molecule has 0 aliphatic carbocycles. The van der Waals surface area contributed by atoms with Crippen LogP contribution in [0.3, 0.4) is 0 Å². The molecular weight excluding hydrogens is 479 g/mol. The van der Waals surface area contributed by atoms with Gasteiger partial charge in [0, 0.05) is 19.2 Å². The van der Waals surface area contributed by atoms with Gasteiger partial charge in [0.25, 0.3) is 5.91 Å². The van der Waals surface area contributed by atoms with Gasteiger partial charge in [0.15, 0.2) is 23.0 Å². The lowest BCUT2D eigenvalue weighted by molar-refractivity contribution is -0.124. The van der Waals surface area contributed by atoms with Crippen LogP contribution >= 0.6 is 0 Å². The van der Waals surface area contributed by atoms with Gasteiger partial charge >= 0.3 is 0 Å². The molecule has 2 atom stereocenters. The van der Waals surface area contributed by atoms with E-state index in [0.29, 0.717) is 39.7 Å². The van der Waals surface area contributed by atoms with Crippen molar-refractivity contribution >= 4 is 11.8 Å². The maximum absolute atomic E-state index is 13.8. The Morgan fingerprint density at radius 2 is 1.46 bits per heavy atom. The number of hydrogen-bond acceptors (Lipinski definition) is 6. The summed E-state index contributed by atoms with van der Waals surface area (Å²) in [5, 5.41) is 2.95. The molecule has 0 bridgehead atoms. The fourth-order valence-electron chi connectivity index (χ4n) is 4.69. The lowest BCUT2D eigenvalue weighted by Gasteiger charge is -2.40. The second kappa shape index (κ2) is 10.8. The molecule has 1 N–H and O–H groups in total. The summed E-state index contributed by atoms with van der Waals surface area (Å²) < 4.78 is 35.1. The van der Waals surface area contributed by atoms with E-state index in [1.54, 1.807) is 43.4 Å². The smallest absolute Gasteiger partial charge is 0.254 e. The van der Waals surface area contributed by atoms with Crippen molar-refractivity contribution in [2.24, 2.45) is 0 Å². The van der Waals surface area contributed by atoms with Gasteiger partial charge in [-0.25, -0.2) is 4.39 Å². The fourth-order valence-corrected chi connectivity index (χ4v) is 4.69. The number of carbonyl (C=O) groups is 2. The SMILES string of the molecule is COc1ccc([C@H]2[C@H](C(=O)NCc3ccc(F)cc3)c3cc(OC)c(OC)cc3C(=O)N2C)cc1OC. The van der Waals surface area contributed by atoms with E-state index in [2.05, 4.69) is 5.32 Å². The van der Waals surface area contributed by atoms with E-state index >= 15 is 0 Å². The van der Waals surface area contributed by atoms with E-state index in [0.717, 1.165) is 5.56 Å². The molecule has 0 saturated heterocycles. The van der Waals surface area contributed by atoms with Gasteiger partial charge in [-0.05, 0) is 53.1 Å². The zero-order valence-electron chi connectivity index (χ0n) is 21.3. The first-order chi connectivity index (χ1) is 17.8. The van der Waals surface area contributed by atoms with E-state index in [1.807, 2.05) is 6.07 Å². The summed E-state index contributed by atoms with van der Waals surface area (Å²) >= 11 is 0. The number of nitrogens with zero attached hydrogens (tertiary/aromatic N) is 1. The average molecular weight is 509 g/mol. The van der Waals surface area contributed by atoms with Crippen molar-refractivity contribution in [2.75, 3.05) is 35.5 Å². The highest BCUT2D eigenvalue weighted by atomic mass is 19.1. The summed E-state index contributed by atoms with van der Waals surface area (Å²) in [6.07, 6.45) is 0. The minimum absolute atomic E-state index is 0.189. The second-order valence-corrected chi connectivity index (χ2v) is 8.59. The van der Waals surface area contributed by atoms with Crippen LogP contribution in [0.4, 0.5) is 4.39 Å². The van der Waals surface area contributed by atoms with Gasteiger partial charge in [-0.15, -0.1) is 0 Å². The molecule has 0 fully saturated rings. The summed E-state index contributed by atoms with van der Waals surface area (Å²) in [4.78, 5) is 28.9. The molecule has 0 unspecified atom stereocenters. The molecule has 194 valence electrons. The Kier molecular flexibility index (Phi) is 7.52. The van der Waals surface area contributed by atoms with Gasteiger partial charge in [0.2, 0.25) is 5.91 Å². The maximum Gasteiger partial charge on any atom is 0.254 e. The maximum atomic E-state index is 13.8. The van der Waals surface area contributed by atoms with Crippen molar-refractivity contribution in [3.63, 3.8) is 0 Å². The molecule has 2 amide bonds. The first-order valence-corrected chi connectivity index (χ1v) is 11.6. The first-order valence-electron chi connectivity index (χ1n) is 11.6. The molecule has 9 heteroatoms. The number of rotatable bonds is 8. The minimum atomic E-state index is -0.795. The highest BCUT2D eigenvalue weighted by Crippen LogP contribution is 2.46. The van der Waals surface area contributed by atoms with Crippen LogP contribution in [0.25, 0.3) is 0 Å². The Balaban J connectivity index is 1.82. The number of ether oxygens (including phenoxy) is 4. The van der Waals surface area contributed by atoms with Gasteiger partial charge in [-0.3, -0.25) is 9.59 Å². The van der Waals surface area contributed by atoms with Crippen LogP contribution in [-0.4, -0.2) is 52.2 Å². The van der Waals surface area contributed by atoms with Crippen molar-refractivity contribution in [2.45, 2.75) is 18.5 Å². The third-order valence-corrected chi connectivity index (χ3v) is 6.59. The second-order valence-electron chi connectivity index (χ2n) is 8.59. The lowest BCUT2D eigenvalue weighted by atomic mass is 9.79. The van der Waals surface area contributed by atoms with Gasteiger partial charge in [-0.2, -0.15) is 0 Å². The van der Waals surface area contributed by atoms with E-state index in [1.165, 1.54) is 45.5 Å². The van der Waals surface area contributed by atoms with Crippen molar-refractivity contribution in [1.82, 2.24) is 10.2 Å². The Bertz CT molecular complexity index is 1310. The van der Waals surface area contributed by atoms with Crippen molar-refractivity contribution in [3.8, 4) is 23.0 Å². The van der Waals surface area contributed by atoms with E-state index in [-0.39, 0.29) is 24.2 Å². The summed E-state index contributed by atoms with van der Waals surface area (Å²) in [6.45, 7) is 0.189. The zero-order chi connectivity index (χ0) is 26.7. The number of methoxy groups -OCH3 is 4. The molecular formula is C28H29FN2O6. The van der Waals surface area contributed by atoms with Crippen LogP contribution in [-0.2, 0) is 11.3 Å². The number of fused-ring (bicyclic) bond motifs is 1. The Morgan fingerprint density at radius 3 is 2.08 bits per heavy atom. The van der Waals surface area contributed by atoms with Crippen LogP contribution in [0.1, 0.15) is 39.0 Å². The van der Waals surface area contributed by atoms with Crippen LogP contribution in [0.15, 0.2) is 54.6 Å². The number of likely N-dealkylation sites (N-methyl/N-ethyl adjacent to an activating group) is 1. The third kappa shape index (κ3) is 4.89. The largest absolute Gasteiger partial charge is 0.493 e. The Labute approximate surface area is 214 Å². The number of benzene rings is 3. The molecule has 1 heterocycles. The molecule has 0 saturated carbocycles. The van der Waals surface area contributed by atoms with Gasteiger partial charge in [0.05, 0.1) is 40.4 Å². The summed E-state index contributed by atoms with van der Waals surface area (Å²) in [5.74, 6) is 0.0703. The molecule has 0 aromatic heterocycles. The molecule has 1 aliphatic rings. The van der Waals surface area contributed by atoms with Crippen molar-refractivity contribution in [3.05, 3.63) is 82.7 Å². The third-order valence-electron chi connectivity index (χ3n) is 6.59. The predicted molar refractivity (Wildman–Crippen MR) is 135 cm³/mol. The monoisotopic (exact) mass is 508 g/mol. The van der Waals surface area contributed by atoms with Crippen molar-refractivity contribution in [1.29, 1.82) is 0 Å². The average Bonchev–Trinajstić information content (AvgIpc) is 2.93. The molecule has 0 radical (unpaired) electrons. The van der Waals surface area contributed by atoms with Gasteiger partial charge in [0.1, 0.15) is 5.82 Å². The molecule has 8 nitrogen and oxygen atoms in total. The van der Waals surface area contributed by atoms with Crippen LogP contribution < -0.4 is 24.3 Å². The van der Waals surface area contributed by atoms with E-state index in [4.69, 9.17) is 18.9 Å². The lowest BCUT2D eigenvalue weighted by Crippen LogP contribution is -2.45. The van der Waals surface area contributed by atoms with E-state index in [9.17, 15) is 14.0 Å². The van der Waals surface area contributed by atoms with Crippen LogP contribution in [0.2, 0.25) is 0 Å². The van der Waals surface area contributed by atoms with Crippen LogP contribution in [0, 0.1) is 5.82 Å². The van der Waals surface area contributed by atoms with Crippen molar-refractivity contribution < 1.29 is 32.9 Å². The zero-order valence-corrected chi connectivity index (χ0v) is 21.3. The Hall–Kier alpha value is -4.27. The standard InChI is InChI=1S/C28H29FN2O6/c1-31-26(17-8-11-21(34-2)22(12-17)35-3)25(27(32)30-15-16-6-9-18(29)10-7-16)19-13-23(36-4)24(37-5)14-20(19)28(31)33/h6-14,25-26H,15H2,1-5H3,(H,30,32)/t25-,26+/m1/s1. The highest BCUT2D eigenvalue weighted by Gasteiger charge is 2.43. The summed E-state index contributed by atoms with van der Waals surface area (Å²) in [7, 11) is 7.70. The van der Waals surface area contributed by atoms with Gasteiger partial charge < -0.3 is 29.2 Å². The number of halogens is 1. The van der Waals surface area contributed by atoms with E-state index < -0.39 is 12.0 Å². The fraction of sp³-hybridized carbons (Fsp3) is 0.286. The topological polar surface area (TPSA) is 86.3 Å². The number of nitrogens with one attached hydrogen (secondary N) is 1. The normalized spacial score (nSPS) is 16.6. The van der Waals surface area contributed by atoms with Crippen LogP contribution in [0.5, 0.6) is 23.0 Å². The summed E-state index contributed by atoms with van der Waals surface area (Å²) in [5.41, 5.74) is 2.29. The molecule has 4 rings (SSSR count). The molecule has 1 aliphatic heterocycles. The highest BCUT2D eigenvalue weighted by molar-refractivity contribution is 6.02. The predicted octanol–water partition coefficient (Wildman–Crippen LogP) is 4.09. The number of amides is 2. The number of hydrogen-bond donors (Lipinski definition) is 1. The molecule has 3 aromatic rings. The first kappa shape index (κ1) is 25.8. The molecule has 37 heavy (non-hydrogen) atoms. The Morgan fingerprint density at radius 1 is 0.865 bits per heavy atom. The summed E-state index contributed by atoms with van der Waals surface area (Å²) in [6, 6.07) is 13.8. The molecule has 3 aromatic carbocycles. The van der Waals surface area contributed by atoms with Gasteiger partial charge in [-0.1, -0.05) is 18.2 Å². The quantitative estimate of drug-likeness (QED) is 0.494. The minimum Gasteiger partial charge on any atom is -0.493 e. The number of carbonyl (C=O) groups excluding carboxylic acids is 2. The molecule has 0 spiro atoms.